The number of azo groups is 1. The molecule has 3 aliphatic rings. The number of nitro benzene ring substituents is 1. The lowest BCUT2D eigenvalue weighted by Crippen LogP contribution is -2.34. The lowest BCUT2D eigenvalue weighted by Gasteiger charge is -2.29. The van der Waals surface area contributed by atoms with Gasteiger partial charge in [0.2, 0.25) is 0 Å². The molecule has 4 aromatic rings. The largest absolute Gasteiger partial charge is 0.490 e. The second-order valence-electron chi connectivity index (χ2n) is 15.4. The molecule has 356 valence electrons. The lowest BCUT2D eigenvalue weighted by molar-refractivity contribution is -0.385. The van der Waals surface area contributed by atoms with Gasteiger partial charge in [0.05, 0.1) is 113 Å². The summed E-state index contributed by atoms with van der Waals surface area (Å²) in [5.74, 6) is 1.17. The van der Waals surface area contributed by atoms with Crippen molar-refractivity contribution in [1.29, 1.82) is 0 Å². The third kappa shape index (κ3) is 14.7. The average molecular weight is 915 g/mol. The van der Waals surface area contributed by atoms with E-state index in [0.29, 0.717) is 123 Å². The van der Waals surface area contributed by atoms with E-state index in [2.05, 4.69) is 61.3 Å². The molecule has 7 rings (SSSR count). The number of hydrogen-bond donors (Lipinski definition) is 0. The molecule has 0 spiro atoms. The molecule has 0 saturated carbocycles. The Bertz CT molecular complexity index is 2110. The summed E-state index contributed by atoms with van der Waals surface area (Å²) in [6.07, 6.45) is 0. The Hall–Kier alpha value is -6.05. The van der Waals surface area contributed by atoms with Gasteiger partial charge in [-0.3, -0.25) is 10.1 Å². The molecular weight excluding hydrogens is 853 g/mol. The van der Waals surface area contributed by atoms with Crippen molar-refractivity contribution >= 4 is 40.1 Å². The number of fused-ring (bicyclic) bond motifs is 20. The molecule has 3 heterocycles. The fourth-order valence-electron chi connectivity index (χ4n) is 7.34. The van der Waals surface area contributed by atoms with Crippen LogP contribution in [-0.4, -0.2) is 143 Å². The minimum atomic E-state index is -0.821. The van der Waals surface area contributed by atoms with Gasteiger partial charge < -0.3 is 57.3 Å². The van der Waals surface area contributed by atoms with Gasteiger partial charge in [0.1, 0.15) is 42.6 Å². The number of ether oxygens (including phenoxy) is 9. The summed E-state index contributed by atoms with van der Waals surface area (Å²) >= 11 is 0. The van der Waals surface area contributed by atoms with Crippen molar-refractivity contribution < 1.29 is 52.3 Å². The molecule has 18 nitrogen and oxygen atoms in total. The van der Waals surface area contributed by atoms with Crippen molar-refractivity contribution in [1.82, 2.24) is 0 Å². The van der Waals surface area contributed by atoms with Gasteiger partial charge in [-0.15, -0.1) is 0 Å². The zero-order chi connectivity index (χ0) is 46.5. The number of benzene rings is 4. The van der Waals surface area contributed by atoms with Crippen LogP contribution in [0.2, 0.25) is 0 Å². The van der Waals surface area contributed by atoms with Gasteiger partial charge in [-0.1, -0.05) is 12.1 Å². The zero-order valence-corrected chi connectivity index (χ0v) is 38.4. The number of nitrogens with zero attached hydrogens (tertiary/aromatic N) is 6. The Kier molecular flexibility index (Phi) is 19.6. The summed E-state index contributed by atoms with van der Waals surface area (Å²) in [5.41, 5.74) is 4.82. The molecule has 18 heteroatoms. The van der Waals surface area contributed by atoms with Gasteiger partial charge in [-0.25, -0.2) is 4.79 Å². The van der Waals surface area contributed by atoms with Crippen LogP contribution < -0.4 is 28.9 Å². The number of anilines is 3. The van der Waals surface area contributed by atoms with Crippen LogP contribution in [0.25, 0.3) is 0 Å². The number of rotatable bonds is 10. The zero-order valence-electron chi connectivity index (χ0n) is 38.4. The van der Waals surface area contributed by atoms with Crippen LogP contribution in [0.3, 0.4) is 0 Å². The normalized spacial score (nSPS) is 16.4. The first-order valence-electron chi connectivity index (χ1n) is 22.4. The highest BCUT2D eigenvalue weighted by Gasteiger charge is 2.23. The first-order valence-corrected chi connectivity index (χ1v) is 22.4. The van der Waals surface area contributed by atoms with Gasteiger partial charge in [-0.05, 0) is 80.4 Å². The van der Waals surface area contributed by atoms with Gasteiger partial charge in [0, 0.05) is 45.4 Å². The Labute approximate surface area is 386 Å². The number of esters is 1. The van der Waals surface area contributed by atoms with Gasteiger partial charge in [-0.2, -0.15) is 10.2 Å². The predicted molar refractivity (Wildman–Crippen MR) is 250 cm³/mol. The average Bonchev–Trinajstić information content (AvgIpc) is 3.30. The molecule has 0 radical (unpaired) electrons. The maximum Gasteiger partial charge on any atom is 0.345 e. The maximum atomic E-state index is 12.6. The van der Waals surface area contributed by atoms with Crippen LogP contribution >= 0.6 is 0 Å². The summed E-state index contributed by atoms with van der Waals surface area (Å²) in [6, 6.07) is 21.8. The number of hydrogen-bond acceptors (Lipinski definition) is 17. The van der Waals surface area contributed by atoms with E-state index in [1.807, 2.05) is 19.9 Å². The van der Waals surface area contributed by atoms with Crippen molar-refractivity contribution in [3.05, 3.63) is 99.6 Å². The minimum Gasteiger partial charge on any atom is -0.490 e. The van der Waals surface area contributed by atoms with Crippen molar-refractivity contribution in [3.63, 3.8) is 0 Å². The molecular formula is C48H62N6O12. The number of carbonyl (C=O) groups excluding carboxylic acids is 1. The summed E-state index contributed by atoms with van der Waals surface area (Å²) in [7, 11) is 1.60. The lowest BCUT2D eigenvalue weighted by atomic mass is 10.1. The van der Waals surface area contributed by atoms with E-state index < -0.39 is 10.9 Å². The highest BCUT2D eigenvalue weighted by atomic mass is 16.6. The van der Waals surface area contributed by atoms with E-state index in [1.165, 1.54) is 18.2 Å². The molecule has 4 aromatic carbocycles. The van der Waals surface area contributed by atoms with Crippen molar-refractivity contribution in [3.8, 4) is 17.2 Å². The third-order valence-electron chi connectivity index (χ3n) is 10.7. The number of methoxy groups -OCH3 is 1. The fourth-order valence-corrected chi connectivity index (χ4v) is 7.34. The molecule has 3 aliphatic heterocycles. The molecule has 1 fully saturated rings. The fraction of sp³-hybridized carbons (Fsp3) is 0.479. The van der Waals surface area contributed by atoms with Crippen LogP contribution in [0.5, 0.6) is 17.2 Å². The van der Waals surface area contributed by atoms with E-state index in [4.69, 9.17) is 42.6 Å². The van der Waals surface area contributed by atoms with Crippen LogP contribution in [-0.2, 0) is 28.4 Å². The van der Waals surface area contributed by atoms with Gasteiger partial charge in [0.25, 0.3) is 5.69 Å². The highest BCUT2D eigenvalue weighted by molar-refractivity contribution is 5.95. The molecule has 1 saturated heterocycles. The number of nitro groups is 1. The first kappa shape index (κ1) is 49.4. The van der Waals surface area contributed by atoms with Crippen LogP contribution in [0.15, 0.2) is 83.0 Å². The van der Waals surface area contributed by atoms with Crippen LogP contribution in [0.4, 0.5) is 34.1 Å². The van der Waals surface area contributed by atoms with E-state index in [9.17, 15) is 14.9 Å². The monoisotopic (exact) mass is 914 g/mol. The smallest absolute Gasteiger partial charge is 0.345 e. The van der Waals surface area contributed by atoms with Crippen molar-refractivity contribution in [2.45, 2.75) is 20.8 Å². The molecule has 0 unspecified atom stereocenters. The summed E-state index contributed by atoms with van der Waals surface area (Å²) < 4.78 is 54.4. The second kappa shape index (κ2) is 26.2. The SMILES string of the molecule is CCOC(=O)c1cc(N=Nc2ccc(N3CCOc4cc(C)ccc4N4CCOCCOCCN(CCOCCOCC4)c4ccc(C)cc4OCC3)c(OCCOC)c2)ccc1[N+](=O)[O-]. The molecule has 0 amide bonds. The standard InChI is InChI=1S/C48H62N6O12/c1-5-63-48(55)40-34-38(8-12-41(40)54(56)57)49-50-39-9-13-44(47(35-39)66-31-26-58-4)53-18-24-64-45-32-36(2)6-10-42(45)51-14-20-59-27-29-61-22-16-52(17-23-62-30-28-60-21-15-51)43-11-7-37(3)33-46(43)65-25-19-53/h6-13,32-35H,5,14-31H2,1-4H3. The predicted octanol–water partition coefficient (Wildman–Crippen LogP) is 7.50. The van der Waals surface area contributed by atoms with Crippen LogP contribution in [0, 0.1) is 24.0 Å². The van der Waals surface area contributed by atoms with Crippen LogP contribution in [0.1, 0.15) is 28.4 Å². The molecule has 0 N–H and O–H groups in total. The first-order chi connectivity index (χ1) is 32.2. The molecule has 66 heavy (non-hydrogen) atoms. The Morgan fingerprint density at radius 2 is 1.09 bits per heavy atom. The van der Waals surface area contributed by atoms with E-state index in [1.54, 1.807) is 26.2 Å². The summed E-state index contributed by atoms with van der Waals surface area (Å²) in [4.78, 5) is 30.2. The van der Waals surface area contributed by atoms with Crippen molar-refractivity contribution in [2.75, 3.05) is 147 Å². The summed E-state index contributed by atoms with van der Waals surface area (Å²) in [5, 5.41) is 20.4. The third-order valence-corrected chi connectivity index (χ3v) is 10.7. The summed E-state index contributed by atoms with van der Waals surface area (Å²) in [6.45, 7) is 14.2. The molecule has 0 aromatic heterocycles. The minimum absolute atomic E-state index is 0.0592. The Morgan fingerprint density at radius 1 is 0.621 bits per heavy atom. The highest BCUT2D eigenvalue weighted by Crippen LogP contribution is 2.36. The number of aryl methyl sites for hydroxylation is 2. The van der Waals surface area contributed by atoms with Crippen molar-refractivity contribution in [2.24, 2.45) is 10.2 Å². The van der Waals surface area contributed by atoms with Gasteiger partial charge >= 0.3 is 5.97 Å². The Balaban J connectivity index is 1.36. The second-order valence-corrected chi connectivity index (χ2v) is 15.4. The number of carbonyl (C=O) groups is 1. The molecule has 2 bridgehead atoms. The van der Waals surface area contributed by atoms with E-state index in [0.717, 1.165) is 39.7 Å². The van der Waals surface area contributed by atoms with Gasteiger partial charge in [0.15, 0.2) is 0 Å². The molecule has 0 aliphatic carbocycles. The van der Waals surface area contributed by atoms with E-state index in [-0.39, 0.29) is 30.2 Å². The van der Waals surface area contributed by atoms with E-state index >= 15 is 0 Å². The quantitative estimate of drug-likeness (QED) is 0.0381. The molecule has 0 atom stereocenters. The topological polar surface area (TPSA) is 178 Å². The Morgan fingerprint density at radius 3 is 1.59 bits per heavy atom. The maximum absolute atomic E-state index is 12.6.